The SMILES string of the molecule is CC(=O)c1ccc(-c2ccc(C(=O)OC(C)C(=O)c3cccc(Cl)c3)o2)cc1. The van der Waals surface area contributed by atoms with Gasteiger partial charge >= 0.3 is 5.97 Å². The van der Waals surface area contributed by atoms with Crippen LogP contribution in [-0.2, 0) is 4.74 Å². The third-order valence-electron chi connectivity index (χ3n) is 4.15. The standard InChI is InChI=1S/C22H17ClO5/c1-13(24)15-6-8-16(9-7-15)19-10-11-20(28-19)22(26)27-14(2)21(25)17-4-3-5-18(23)12-17/h3-12,14H,1-2H3. The normalized spacial score (nSPS) is 11.7. The van der Waals surface area contributed by atoms with Crippen LogP contribution >= 0.6 is 11.6 Å². The first-order valence-corrected chi connectivity index (χ1v) is 8.95. The zero-order valence-electron chi connectivity index (χ0n) is 15.3. The first kappa shape index (κ1) is 19.6. The van der Waals surface area contributed by atoms with Gasteiger partial charge in [-0.25, -0.2) is 4.79 Å². The predicted molar refractivity (Wildman–Crippen MR) is 105 cm³/mol. The van der Waals surface area contributed by atoms with Crippen LogP contribution < -0.4 is 0 Å². The van der Waals surface area contributed by atoms with Crippen molar-refractivity contribution in [2.45, 2.75) is 20.0 Å². The van der Waals surface area contributed by atoms with Gasteiger partial charge in [0.15, 0.2) is 11.9 Å². The number of benzene rings is 2. The van der Waals surface area contributed by atoms with Crippen LogP contribution in [0.2, 0.25) is 5.02 Å². The second-order valence-electron chi connectivity index (χ2n) is 6.22. The Labute approximate surface area is 166 Å². The number of hydrogen-bond donors (Lipinski definition) is 0. The summed E-state index contributed by atoms with van der Waals surface area (Å²) in [6, 6.07) is 16.4. The van der Waals surface area contributed by atoms with E-state index in [9.17, 15) is 14.4 Å². The topological polar surface area (TPSA) is 73.6 Å². The lowest BCUT2D eigenvalue weighted by molar-refractivity contribution is 0.0290. The minimum absolute atomic E-state index is 0.0172. The second-order valence-corrected chi connectivity index (χ2v) is 6.66. The van der Waals surface area contributed by atoms with Gasteiger partial charge in [-0.2, -0.15) is 0 Å². The summed E-state index contributed by atoms with van der Waals surface area (Å²) in [7, 11) is 0. The van der Waals surface area contributed by atoms with Gasteiger partial charge in [0, 0.05) is 21.7 Å². The molecule has 0 fully saturated rings. The molecule has 0 aliphatic heterocycles. The molecule has 2 aromatic carbocycles. The van der Waals surface area contributed by atoms with Crippen molar-refractivity contribution >= 4 is 29.1 Å². The molecule has 0 amide bonds. The van der Waals surface area contributed by atoms with Gasteiger partial charge in [-0.1, -0.05) is 48.0 Å². The van der Waals surface area contributed by atoms with Crippen LogP contribution in [0.25, 0.3) is 11.3 Å². The third kappa shape index (κ3) is 4.38. The highest BCUT2D eigenvalue weighted by Crippen LogP contribution is 2.24. The van der Waals surface area contributed by atoms with Crippen LogP contribution in [0, 0.1) is 0 Å². The van der Waals surface area contributed by atoms with E-state index in [4.69, 9.17) is 20.8 Å². The van der Waals surface area contributed by atoms with Crippen molar-refractivity contribution in [1.29, 1.82) is 0 Å². The molecule has 0 bridgehead atoms. The minimum Gasteiger partial charge on any atom is -0.449 e. The zero-order valence-corrected chi connectivity index (χ0v) is 16.0. The minimum atomic E-state index is -0.991. The molecule has 0 radical (unpaired) electrons. The van der Waals surface area contributed by atoms with Crippen LogP contribution in [0.3, 0.4) is 0 Å². The lowest BCUT2D eigenvalue weighted by atomic mass is 10.1. The molecule has 0 saturated carbocycles. The smallest absolute Gasteiger partial charge is 0.374 e. The summed E-state index contributed by atoms with van der Waals surface area (Å²) in [4.78, 5) is 36.0. The molecular formula is C22H17ClO5. The predicted octanol–water partition coefficient (Wildman–Crippen LogP) is 5.23. The number of Topliss-reactive ketones (excluding diaryl/α,β-unsaturated/α-hetero) is 2. The number of furan rings is 1. The Hall–Kier alpha value is -3.18. The Morgan fingerprint density at radius 2 is 1.68 bits per heavy atom. The highest BCUT2D eigenvalue weighted by atomic mass is 35.5. The van der Waals surface area contributed by atoms with E-state index >= 15 is 0 Å². The van der Waals surface area contributed by atoms with Crippen LogP contribution in [0.15, 0.2) is 65.1 Å². The Morgan fingerprint density at radius 3 is 2.32 bits per heavy atom. The average molecular weight is 397 g/mol. The van der Waals surface area contributed by atoms with Crippen molar-refractivity contribution in [2.75, 3.05) is 0 Å². The molecule has 1 aromatic heterocycles. The van der Waals surface area contributed by atoms with E-state index in [1.54, 1.807) is 48.5 Å². The lowest BCUT2D eigenvalue weighted by Crippen LogP contribution is -2.24. The van der Waals surface area contributed by atoms with Gasteiger partial charge in [-0.3, -0.25) is 9.59 Å². The molecule has 5 nitrogen and oxygen atoms in total. The lowest BCUT2D eigenvalue weighted by Gasteiger charge is -2.11. The van der Waals surface area contributed by atoms with Gasteiger partial charge < -0.3 is 9.15 Å². The van der Waals surface area contributed by atoms with Crippen molar-refractivity contribution in [1.82, 2.24) is 0 Å². The summed E-state index contributed by atoms with van der Waals surface area (Å²) >= 11 is 5.89. The Kier molecular flexibility index (Phi) is 5.76. The maximum atomic E-state index is 12.4. The highest BCUT2D eigenvalue weighted by Gasteiger charge is 2.22. The summed E-state index contributed by atoms with van der Waals surface area (Å²) in [5.41, 5.74) is 1.66. The van der Waals surface area contributed by atoms with Gasteiger partial charge in [-0.05, 0) is 38.1 Å². The van der Waals surface area contributed by atoms with E-state index in [-0.39, 0.29) is 17.3 Å². The zero-order chi connectivity index (χ0) is 20.3. The van der Waals surface area contributed by atoms with Crippen molar-refractivity contribution in [3.63, 3.8) is 0 Å². The van der Waals surface area contributed by atoms with Crippen molar-refractivity contribution in [3.8, 4) is 11.3 Å². The Balaban J connectivity index is 1.70. The molecule has 0 N–H and O–H groups in total. The van der Waals surface area contributed by atoms with Crippen molar-refractivity contribution < 1.29 is 23.5 Å². The van der Waals surface area contributed by atoms with E-state index in [0.717, 1.165) is 0 Å². The summed E-state index contributed by atoms with van der Waals surface area (Å²) in [6.45, 7) is 2.98. The molecule has 0 aliphatic carbocycles. The van der Waals surface area contributed by atoms with E-state index in [1.165, 1.54) is 26.0 Å². The van der Waals surface area contributed by atoms with Gasteiger partial charge in [-0.15, -0.1) is 0 Å². The molecule has 1 atom stereocenters. The van der Waals surface area contributed by atoms with Crippen molar-refractivity contribution in [3.05, 3.63) is 82.6 Å². The van der Waals surface area contributed by atoms with Crippen LogP contribution in [0.1, 0.15) is 45.1 Å². The molecule has 0 spiro atoms. The molecule has 6 heteroatoms. The summed E-state index contributed by atoms with van der Waals surface area (Å²) < 4.78 is 10.8. The van der Waals surface area contributed by atoms with E-state index in [0.29, 0.717) is 27.5 Å². The number of ether oxygens (including phenoxy) is 1. The van der Waals surface area contributed by atoms with Crippen LogP contribution in [0.4, 0.5) is 0 Å². The second kappa shape index (κ2) is 8.23. The highest BCUT2D eigenvalue weighted by molar-refractivity contribution is 6.31. The molecule has 28 heavy (non-hydrogen) atoms. The Morgan fingerprint density at radius 1 is 0.964 bits per heavy atom. The third-order valence-corrected chi connectivity index (χ3v) is 4.38. The van der Waals surface area contributed by atoms with E-state index < -0.39 is 12.1 Å². The molecule has 3 aromatic rings. The molecule has 3 rings (SSSR count). The quantitative estimate of drug-likeness (QED) is 0.421. The summed E-state index contributed by atoms with van der Waals surface area (Å²) in [6.07, 6.45) is -0.991. The Bertz CT molecular complexity index is 1030. The number of esters is 1. The number of rotatable bonds is 6. The fraction of sp³-hybridized carbons (Fsp3) is 0.136. The first-order chi connectivity index (χ1) is 13.3. The molecule has 142 valence electrons. The largest absolute Gasteiger partial charge is 0.449 e. The number of hydrogen-bond acceptors (Lipinski definition) is 5. The number of carbonyl (C=O) groups is 3. The molecule has 0 aliphatic rings. The van der Waals surface area contributed by atoms with Gasteiger partial charge in [0.05, 0.1) is 0 Å². The van der Waals surface area contributed by atoms with Gasteiger partial charge in [0.25, 0.3) is 0 Å². The van der Waals surface area contributed by atoms with Crippen molar-refractivity contribution in [2.24, 2.45) is 0 Å². The molecule has 1 heterocycles. The molecule has 1 unspecified atom stereocenters. The maximum Gasteiger partial charge on any atom is 0.374 e. The maximum absolute atomic E-state index is 12.4. The van der Waals surface area contributed by atoms with Gasteiger partial charge in [0.1, 0.15) is 5.76 Å². The molecular weight excluding hydrogens is 380 g/mol. The monoisotopic (exact) mass is 396 g/mol. The number of carbonyl (C=O) groups excluding carboxylic acids is 3. The van der Waals surface area contributed by atoms with E-state index in [1.807, 2.05) is 0 Å². The molecule has 0 saturated heterocycles. The number of ketones is 2. The van der Waals surface area contributed by atoms with Gasteiger partial charge in [0.2, 0.25) is 11.5 Å². The fourth-order valence-electron chi connectivity index (χ4n) is 2.62. The fourth-order valence-corrected chi connectivity index (χ4v) is 2.81. The van der Waals surface area contributed by atoms with Crippen LogP contribution in [-0.4, -0.2) is 23.6 Å². The first-order valence-electron chi connectivity index (χ1n) is 8.57. The summed E-state index contributed by atoms with van der Waals surface area (Å²) in [5.74, 6) is -0.696. The summed E-state index contributed by atoms with van der Waals surface area (Å²) in [5, 5.41) is 0.427. The average Bonchev–Trinajstić information content (AvgIpc) is 3.17. The van der Waals surface area contributed by atoms with Crippen LogP contribution in [0.5, 0.6) is 0 Å². The van der Waals surface area contributed by atoms with E-state index in [2.05, 4.69) is 0 Å². The number of halogens is 1.